The maximum atomic E-state index is 11.4. The molecule has 1 rings (SSSR count). The van der Waals surface area contributed by atoms with Gasteiger partial charge in [-0.05, 0) is 20.8 Å². The average Bonchev–Trinajstić information content (AvgIpc) is 2.20. The molecule has 0 unspecified atom stereocenters. The minimum Gasteiger partial charge on any atom is -0.300 e. The summed E-state index contributed by atoms with van der Waals surface area (Å²) in [6, 6.07) is 0. The molecule has 4 heteroatoms. The summed E-state index contributed by atoms with van der Waals surface area (Å²) in [6.07, 6.45) is 0.930. The number of carbonyl (C=O) groups is 2. The number of ketones is 1. The zero-order chi connectivity index (χ0) is 10.1. The van der Waals surface area contributed by atoms with Crippen LogP contribution in [0.4, 0.5) is 0 Å². The van der Waals surface area contributed by atoms with E-state index < -0.39 is 0 Å². The number of hydrogen-bond donors (Lipinski definition) is 1. The van der Waals surface area contributed by atoms with Gasteiger partial charge in [0.05, 0.1) is 0 Å². The van der Waals surface area contributed by atoms with Gasteiger partial charge in [0, 0.05) is 24.9 Å². The van der Waals surface area contributed by atoms with Crippen LogP contribution in [0.5, 0.6) is 0 Å². The van der Waals surface area contributed by atoms with Crippen LogP contribution in [0.25, 0.3) is 0 Å². The average molecular weight is 184 g/mol. The summed E-state index contributed by atoms with van der Waals surface area (Å²) in [5.41, 5.74) is 2.91. The lowest BCUT2D eigenvalue weighted by Gasteiger charge is -2.21. The van der Waals surface area contributed by atoms with Gasteiger partial charge >= 0.3 is 0 Å². The Kier molecular flexibility index (Phi) is 2.71. The van der Waals surface area contributed by atoms with E-state index >= 15 is 0 Å². The van der Waals surface area contributed by atoms with Crippen molar-refractivity contribution >= 4 is 11.7 Å². The minimum absolute atomic E-state index is 0.0752. The van der Waals surface area contributed by atoms with E-state index in [1.165, 1.54) is 6.92 Å². The smallest absolute Gasteiger partial charge is 0.238 e. The van der Waals surface area contributed by atoms with Crippen LogP contribution in [0.2, 0.25) is 0 Å². The van der Waals surface area contributed by atoms with Gasteiger partial charge in [-0.1, -0.05) is 0 Å². The van der Waals surface area contributed by atoms with E-state index in [2.05, 4.69) is 5.43 Å². The molecule has 4 nitrogen and oxygen atoms in total. The summed E-state index contributed by atoms with van der Waals surface area (Å²) in [7, 11) is 0. The number of hydrazine groups is 1. The Bertz CT molecular complexity index is 236. The van der Waals surface area contributed by atoms with Crippen LogP contribution in [0.15, 0.2) is 0 Å². The van der Waals surface area contributed by atoms with Gasteiger partial charge in [-0.3, -0.25) is 14.6 Å². The minimum atomic E-state index is -0.159. The summed E-state index contributed by atoms with van der Waals surface area (Å²) >= 11 is 0. The van der Waals surface area contributed by atoms with Crippen molar-refractivity contribution in [2.75, 3.05) is 6.54 Å². The molecule has 1 amide bonds. The fourth-order valence-electron chi connectivity index (χ4n) is 1.39. The van der Waals surface area contributed by atoms with E-state index in [-0.39, 0.29) is 17.2 Å². The molecule has 1 saturated heterocycles. The molecule has 1 aliphatic rings. The number of Topliss-reactive ketones (excluding diaryl/α,β-unsaturated/α-hetero) is 1. The van der Waals surface area contributed by atoms with Crippen molar-refractivity contribution in [3.63, 3.8) is 0 Å². The first-order valence-electron chi connectivity index (χ1n) is 4.48. The quantitative estimate of drug-likeness (QED) is 0.694. The van der Waals surface area contributed by atoms with Crippen molar-refractivity contribution in [3.8, 4) is 0 Å². The van der Waals surface area contributed by atoms with E-state index in [4.69, 9.17) is 0 Å². The third-order valence-electron chi connectivity index (χ3n) is 2.02. The van der Waals surface area contributed by atoms with Gasteiger partial charge in [-0.2, -0.15) is 0 Å². The maximum absolute atomic E-state index is 11.4. The zero-order valence-electron chi connectivity index (χ0n) is 8.39. The molecule has 0 radical (unpaired) electrons. The molecule has 1 fully saturated rings. The highest BCUT2D eigenvalue weighted by molar-refractivity contribution is 5.80. The van der Waals surface area contributed by atoms with Gasteiger partial charge in [0.1, 0.15) is 5.78 Å². The first-order valence-corrected chi connectivity index (χ1v) is 4.48. The van der Waals surface area contributed by atoms with Crippen LogP contribution in [-0.4, -0.2) is 28.8 Å². The SMILES string of the molecule is CC(=O)CCN1NC(C)(C)CC1=O. The first kappa shape index (κ1) is 10.2. The number of nitrogens with zero attached hydrogens (tertiary/aromatic N) is 1. The molecular formula is C9H16N2O2. The highest BCUT2D eigenvalue weighted by Gasteiger charge is 2.34. The fraction of sp³-hybridized carbons (Fsp3) is 0.778. The van der Waals surface area contributed by atoms with Gasteiger partial charge in [0.25, 0.3) is 0 Å². The second-order valence-corrected chi connectivity index (χ2v) is 4.17. The van der Waals surface area contributed by atoms with E-state index in [1.54, 1.807) is 5.01 Å². The third-order valence-corrected chi connectivity index (χ3v) is 2.02. The summed E-state index contributed by atoms with van der Waals surface area (Å²) in [5.74, 6) is 0.186. The molecule has 0 saturated carbocycles. The number of amides is 1. The second-order valence-electron chi connectivity index (χ2n) is 4.17. The lowest BCUT2D eigenvalue weighted by molar-refractivity contribution is -0.130. The van der Waals surface area contributed by atoms with Crippen molar-refractivity contribution < 1.29 is 9.59 Å². The largest absolute Gasteiger partial charge is 0.300 e. The standard InChI is InChI=1S/C9H16N2O2/c1-7(12)4-5-11-8(13)6-9(2,3)10-11/h10H,4-6H2,1-3H3. The molecule has 0 aliphatic carbocycles. The van der Waals surface area contributed by atoms with Crippen molar-refractivity contribution in [3.05, 3.63) is 0 Å². The molecule has 0 aromatic rings. The van der Waals surface area contributed by atoms with Crippen molar-refractivity contribution in [1.29, 1.82) is 0 Å². The Morgan fingerprint density at radius 1 is 1.62 bits per heavy atom. The Labute approximate surface area is 78.3 Å². The molecule has 0 atom stereocenters. The van der Waals surface area contributed by atoms with E-state index in [1.807, 2.05) is 13.8 Å². The monoisotopic (exact) mass is 184 g/mol. The molecule has 1 aliphatic heterocycles. The number of carbonyl (C=O) groups excluding carboxylic acids is 2. The van der Waals surface area contributed by atoms with Gasteiger partial charge in [0.15, 0.2) is 0 Å². The van der Waals surface area contributed by atoms with Crippen LogP contribution in [0.1, 0.15) is 33.6 Å². The molecule has 74 valence electrons. The molecule has 0 aromatic heterocycles. The summed E-state index contributed by atoms with van der Waals surface area (Å²) in [5, 5.41) is 1.54. The van der Waals surface area contributed by atoms with E-state index in [0.29, 0.717) is 19.4 Å². The van der Waals surface area contributed by atoms with Crippen LogP contribution in [0, 0.1) is 0 Å². The van der Waals surface area contributed by atoms with Crippen LogP contribution >= 0.6 is 0 Å². The maximum Gasteiger partial charge on any atom is 0.238 e. The Balaban J connectivity index is 2.44. The topological polar surface area (TPSA) is 49.4 Å². The lowest BCUT2D eigenvalue weighted by atomic mass is 10.0. The van der Waals surface area contributed by atoms with Gasteiger partial charge in [-0.25, -0.2) is 5.43 Å². The van der Waals surface area contributed by atoms with Crippen LogP contribution in [0.3, 0.4) is 0 Å². The van der Waals surface area contributed by atoms with E-state index in [9.17, 15) is 9.59 Å². The van der Waals surface area contributed by atoms with Crippen molar-refractivity contribution in [1.82, 2.24) is 10.4 Å². The highest BCUT2D eigenvalue weighted by Crippen LogP contribution is 2.18. The second kappa shape index (κ2) is 3.46. The van der Waals surface area contributed by atoms with Crippen molar-refractivity contribution in [2.45, 2.75) is 39.2 Å². The molecule has 1 heterocycles. The van der Waals surface area contributed by atoms with Crippen LogP contribution < -0.4 is 5.43 Å². The first-order chi connectivity index (χ1) is 5.91. The predicted molar refractivity (Wildman–Crippen MR) is 48.8 cm³/mol. The summed E-state index contributed by atoms with van der Waals surface area (Å²) < 4.78 is 0. The summed E-state index contributed by atoms with van der Waals surface area (Å²) in [6.45, 7) is 5.96. The van der Waals surface area contributed by atoms with Gasteiger partial charge in [-0.15, -0.1) is 0 Å². The molecule has 0 aromatic carbocycles. The highest BCUT2D eigenvalue weighted by atomic mass is 16.2. The number of rotatable bonds is 3. The summed E-state index contributed by atoms with van der Waals surface area (Å²) in [4.78, 5) is 22.1. The Hall–Kier alpha value is -0.900. The molecule has 0 spiro atoms. The normalized spacial score (nSPS) is 20.8. The number of nitrogens with one attached hydrogen (secondary N) is 1. The molecule has 0 bridgehead atoms. The molecule has 13 heavy (non-hydrogen) atoms. The lowest BCUT2D eigenvalue weighted by Crippen LogP contribution is -2.43. The van der Waals surface area contributed by atoms with Crippen LogP contribution in [-0.2, 0) is 9.59 Å². The van der Waals surface area contributed by atoms with Gasteiger partial charge < -0.3 is 0 Å². The molecule has 1 N–H and O–H groups in total. The predicted octanol–water partition coefficient (Wildman–Crippen LogP) is 0.481. The number of hydrogen-bond acceptors (Lipinski definition) is 3. The molecular weight excluding hydrogens is 168 g/mol. The van der Waals surface area contributed by atoms with E-state index in [0.717, 1.165) is 0 Å². The Morgan fingerprint density at radius 3 is 2.62 bits per heavy atom. The zero-order valence-corrected chi connectivity index (χ0v) is 8.39. The fourth-order valence-corrected chi connectivity index (χ4v) is 1.39. The Morgan fingerprint density at radius 2 is 2.23 bits per heavy atom. The van der Waals surface area contributed by atoms with Gasteiger partial charge in [0.2, 0.25) is 5.91 Å². The third kappa shape index (κ3) is 2.81. The van der Waals surface area contributed by atoms with Crippen molar-refractivity contribution in [2.24, 2.45) is 0 Å².